The Morgan fingerprint density at radius 2 is 2.15 bits per heavy atom. The number of rotatable bonds is 2. The molecule has 1 rings (SSSR count). The Morgan fingerprint density at radius 3 is 2.69 bits per heavy atom. The molecule has 0 aliphatic rings. The third-order valence-corrected chi connectivity index (χ3v) is 2.24. The van der Waals surface area contributed by atoms with Crippen molar-refractivity contribution in [2.45, 2.75) is 13.0 Å². The van der Waals surface area contributed by atoms with Gasteiger partial charge in [0.15, 0.2) is 0 Å². The van der Waals surface area contributed by atoms with Crippen LogP contribution in [0.5, 0.6) is 0 Å². The molecule has 1 aromatic carbocycles. The summed E-state index contributed by atoms with van der Waals surface area (Å²) in [4.78, 5) is 11.2. The molecular formula is C9H11BrN2O. The molecule has 0 aromatic heterocycles. The number of hydrogen-bond donors (Lipinski definition) is 2. The molecule has 0 radical (unpaired) electrons. The Hall–Kier alpha value is -0.870. The first-order valence-electron chi connectivity index (χ1n) is 3.92. The fourth-order valence-corrected chi connectivity index (χ4v) is 1.19. The van der Waals surface area contributed by atoms with E-state index in [-0.39, 0.29) is 5.91 Å². The SMILES string of the molecule is C[C@H](N)C(=O)Nc1ccccc1Br. The van der Waals surface area contributed by atoms with Crippen molar-refractivity contribution in [3.05, 3.63) is 28.7 Å². The molecule has 0 spiro atoms. The van der Waals surface area contributed by atoms with E-state index in [9.17, 15) is 4.79 Å². The second-order valence-corrected chi connectivity index (χ2v) is 3.61. The van der Waals surface area contributed by atoms with E-state index in [1.807, 2.05) is 24.3 Å². The summed E-state index contributed by atoms with van der Waals surface area (Å²) < 4.78 is 0.851. The van der Waals surface area contributed by atoms with Crippen LogP contribution in [0.4, 0.5) is 5.69 Å². The third kappa shape index (κ3) is 2.82. The number of nitrogens with two attached hydrogens (primary N) is 1. The topological polar surface area (TPSA) is 55.1 Å². The average molecular weight is 243 g/mol. The van der Waals surface area contributed by atoms with Gasteiger partial charge in [0.2, 0.25) is 5.91 Å². The van der Waals surface area contributed by atoms with Gasteiger partial charge in [0, 0.05) is 4.47 Å². The summed E-state index contributed by atoms with van der Waals surface area (Å²) in [7, 11) is 0. The van der Waals surface area contributed by atoms with Gasteiger partial charge in [-0.1, -0.05) is 12.1 Å². The highest BCUT2D eigenvalue weighted by molar-refractivity contribution is 9.10. The van der Waals surface area contributed by atoms with Gasteiger partial charge in [-0.15, -0.1) is 0 Å². The minimum atomic E-state index is -0.493. The van der Waals surface area contributed by atoms with Crippen LogP contribution in [0.3, 0.4) is 0 Å². The molecule has 0 heterocycles. The number of anilines is 1. The maximum Gasteiger partial charge on any atom is 0.241 e. The van der Waals surface area contributed by atoms with Gasteiger partial charge in [0.1, 0.15) is 0 Å². The van der Waals surface area contributed by atoms with Gasteiger partial charge in [0.25, 0.3) is 0 Å². The van der Waals surface area contributed by atoms with Crippen LogP contribution in [0, 0.1) is 0 Å². The molecule has 0 unspecified atom stereocenters. The Balaban J connectivity index is 2.75. The van der Waals surface area contributed by atoms with Gasteiger partial charge in [-0.25, -0.2) is 0 Å². The van der Waals surface area contributed by atoms with E-state index < -0.39 is 6.04 Å². The first-order chi connectivity index (χ1) is 6.11. The van der Waals surface area contributed by atoms with Crippen LogP contribution in [0.1, 0.15) is 6.92 Å². The van der Waals surface area contributed by atoms with E-state index in [1.165, 1.54) is 0 Å². The molecule has 0 saturated carbocycles. The van der Waals surface area contributed by atoms with Gasteiger partial charge in [-0.2, -0.15) is 0 Å². The van der Waals surface area contributed by atoms with Crippen LogP contribution in [0.25, 0.3) is 0 Å². The monoisotopic (exact) mass is 242 g/mol. The third-order valence-electron chi connectivity index (χ3n) is 1.55. The molecule has 0 fully saturated rings. The molecule has 3 nitrogen and oxygen atoms in total. The number of nitrogens with one attached hydrogen (secondary N) is 1. The average Bonchev–Trinajstić information content (AvgIpc) is 2.08. The Morgan fingerprint density at radius 1 is 1.54 bits per heavy atom. The number of halogens is 1. The molecule has 70 valence electrons. The van der Waals surface area contributed by atoms with Crippen molar-refractivity contribution >= 4 is 27.5 Å². The highest BCUT2D eigenvalue weighted by Gasteiger charge is 2.08. The van der Waals surface area contributed by atoms with Crippen molar-refractivity contribution in [1.82, 2.24) is 0 Å². The summed E-state index contributed by atoms with van der Waals surface area (Å²) in [5.41, 5.74) is 6.15. The number of carbonyl (C=O) groups is 1. The molecule has 3 N–H and O–H groups in total. The predicted molar refractivity (Wildman–Crippen MR) is 56.4 cm³/mol. The number of para-hydroxylation sites is 1. The van der Waals surface area contributed by atoms with Gasteiger partial charge in [-0.3, -0.25) is 4.79 Å². The van der Waals surface area contributed by atoms with Gasteiger partial charge in [0.05, 0.1) is 11.7 Å². The van der Waals surface area contributed by atoms with Crippen molar-refractivity contribution in [2.24, 2.45) is 5.73 Å². The summed E-state index contributed by atoms with van der Waals surface area (Å²) in [6.07, 6.45) is 0. The quantitative estimate of drug-likeness (QED) is 0.831. The highest BCUT2D eigenvalue weighted by atomic mass is 79.9. The van der Waals surface area contributed by atoms with E-state index in [0.717, 1.165) is 10.2 Å². The van der Waals surface area contributed by atoms with E-state index >= 15 is 0 Å². The largest absolute Gasteiger partial charge is 0.324 e. The summed E-state index contributed by atoms with van der Waals surface area (Å²) in [5, 5.41) is 2.70. The zero-order chi connectivity index (χ0) is 9.84. The number of benzene rings is 1. The van der Waals surface area contributed by atoms with Gasteiger partial charge < -0.3 is 11.1 Å². The molecule has 4 heteroatoms. The van der Waals surface area contributed by atoms with Crippen LogP contribution < -0.4 is 11.1 Å². The van der Waals surface area contributed by atoms with E-state index in [4.69, 9.17) is 5.73 Å². The normalized spacial score (nSPS) is 12.2. The minimum absolute atomic E-state index is 0.188. The predicted octanol–water partition coefficient (Wildman–Crippen LogP) is 1.73. The van der Waals surface area contributed by atoms with Crippen LogP contribution in [0.15, 0.2) is 28.7 Å². The molecule has 1 amide bonds. The maximum absolute atomic E-state index is 11.2. The molecule has 13 heavy (non-hydrogen) atoms. The summed E-state index contributed by atoms with van der Waals surface area (Å²) in [6, 6.07) is 6.90. The van der Waals surface area contributed by atoms with Crippen molar-refractivity contribution in [3.63, 3.8) is 0 Å². The Labute approximate surface area is 85.4 Å². The zero-order valence-corrected chi connectivity index (χ0v) is 8.84. The molecular weight excluding hydrogens is 232 g/mol. The van der Waals surface area contributed by atoms with Crippen molar-refractivity contribution in [3.8, 4) is 0 Å². The molecule has 0 aliphatic heterocycles. The van der Waals surface area contributed by atoms with Crippen LogP contribution in [-0.2, 0) is 4.79 Å². The van der Waals surface area contributed by atoms with E-state index in [0.29, 0.717) is 0 Å². The fraction of sp³-hybridized carbons (Fsp3) is 0.222. The summed E-state index contributed by atoms with van der Waals surface area (Å²) in [6.45, 7) is 1.65. The lowest BCUT2D eigenvalue weighted by atomic mass is 10.3. The van der Waals surface area contributed by atoms with Crippen LogP contribution >= 0.6 is 15.9 Å². The Kier molecular flexibility index (Phi) is 3.45. The molecule has 1 atom stereocenters. The summed E-state index contributed by atoms with van der Waals surface area (Å²) in [5.74, 6) is -0.188. The van der Waals surface area contributed by atoms with E-state index in [2.05, 4.69) is 21.2 Å². The van der Waals surface area contributed by atoms with Crippen molar-refractivity contribution in [1.29, 1.82) is 0 Å². The number of carbonyl (C=O) groups excluding carboxylic acids is 1. The zero-order valence-electron chi connectivity index (χ0n) is 7.25. The minimum Gasteiger partial charge on any atom is -0.324 e. The molecule has 0 bridgehead atoms. The first-order valence-corrected chi connectivity index (χ1v) is 4.71. The smallest absolute Gasteiger partial charge is 0.241 e. The van der Waals surface area contributed by atoms with Gasteiger partial charge >= 0.3 is 0 Å². The van der Waals surface area contributed by atoms with Crippen LogP contribution in [-0.4, -0.2) is 11.9 Å². The molecule has 0 aliphatic carbocycles. The molecule has 0 saturated heterocycles. The highest BCUT2D eigenvalue weighted by Crippen LogP contribution is 2.20. The maximum atomic E-state index is 11.2. The Bertz CT molecular complexity index is 312. The number of hydrogen-bond acceptors (Lipinski definition) is 2. The second kappa shape index (κ2) is 4.39. The van der Waals surface area contributed by atoms with Crippen molar-refractivity contribution in [2.75, 3.05) is 5.32 Å². The lowest BCUT2D eigenvalue weighted by Crippen LogP contribution is -2.32. The lowest BCUT2D eigenvalue weighted by molar-refractivity contribution is -0.117. The lowest BCUT2D eigenvalue weighted by Gasteiger charge is -2.08. The second-order valence-electron chi connectivity index (χ2n) is 2.76. The summed E-state index contributed by atoms with van der Waals surface area (Å²) >= 11 is 3.32. The fourth-order valence-electron chi connectivity index (χ4n) is 0.809. The standard InChI is InChI=1S/C9H11BrN2O/c1-6(11)9(13)12-8-5-3-2-4-7(8)10/h2-6H,11H2,1H3,(H,12,13)/t6-/m0/s1. The van der Waals surface area contributed by atoms with E-state index in [1.54, 1.807) is 6.92 Å². The van der Waals surface area contributed by atoms with Crippen LogP contribution in [0.2, 0.25) is 0 Å². The number of amides is 1. The first kappa shape index (κ1) is 10.2. The van der Waals surface area contributed by atoms with Crippen molar-refractivity contribution < 1.29 is 4.79 Å². The molecule has 1 aromatic rings. The van der Waals surface area contributed by atoms with Gasteiger partial charge in [-0.05, 0) is 35.0 Å².